The van der Waals surface area contributed by atoms with E-state index in [2.05, 4.69) is 11.9 Å². The Morgan fingerprint density at radius 1 is 0.950 bits per heavy atom. The van der Waals surface area contributed by atoms with Crippen molar-refractivity contribution in [2.75, 3.05) is 6.61 Å². The molecule has 1 heterocycles. The van der Waals surface area contributed by atoms with Gasteiger partial charge in [-0.05, 0) is 18.6 Å². The number of unbranched alkanes of at least 4 members (excludes halogenated alkanes) is 9. The zero-order valence-corrected chi connectivity index (χ0v) is 12.8. The summed E-state index contributed by atoms with van der Waals surface area (Å²) in [4.78, 5) is 3.67. The van der Waals surface area contributed by atoms with Gasteiger partial charge in [-0.2, -0.15) is 0 Å². The fourth-order valence-electron chi connectivity index (χ4n) is 2.26. The maximum absolute atomic E-state index is 11.3. The van der Waals surface area contributed by atoms with Gasteiger partial charge in [-0.25, -0.2) is 4.98 Å². The van der Waals surface area contributed by atoms with Crippen molar-refractivity contribution in [1.29, 1.82) is 0 Å². The third kappa shape index (κ3) is 8.03. The van der Waals surface area contributed by atoms with Crippen molar-refractivity contribution in [2.24, 2.45) is 0 Å². The lowest BCUT2D eigenvalue weighted by atomic mass is 10.1. The van der Waals surface area contributed by atoms with E-state index in [4.69, 9.17) is 4.74 Å². The predicted octanol–water partition coefficient (Wildman–Crippen LogP) is 5.53. The SMILES string of the molecule is CCCCCCCCCCCCOc1cccnc1[O]. The lowest BCUT2D eigenvalue weighted by Crippen LogP contribution is -1.97. The summed E-state index contributed by atoms with van der Waals surface area (Å²) in [5, 5.41) is 11.3. The van der Waals surface area contributed by atoms with Gasteiger partial charge in [0.15, 0.2) is 5.75 Å². The minimum Gasteiger partial charge on any atom is -0.488 e. The molecule has 1 aromatic rings. The minimum atomic E-state index is -0.264. The van der Waals surface area contributed by atoms with Crippen LogP contribution in [0.4, 0.5) is 0 Å². The first kappa shape index (κ1) is 16.8. The second-order valence-corrected chi connectivity index (χ2v) is 5.34. The average Bonchev–Trinajstić information content (AvgIpc) is 2.46. The first-order valence-corrected chi connectivity index (χ1v) is 8.09. The summed E-state index contributed by atoms with van der Waals surface area (Å²) < 4.78 is 5.43. The van der Waals surface area contributed by atoms with Crippen molar-refractivity contribution in [2.45, 2.75) is 71.1 Å². The molecule has 0 saturated heterocycles. The number of hydrogen-bond donors (Lipinski definition) is 0. The van der Waals surface area contributed by atoms with E-state index in [1.54, 1.807) is 12.1 Å². The van der Waals surface area contributed by atoms with Gasteiger partial charge in [0, 0.05) is 6.20 Å². The van der Waals surface area contributed by atoms with Crippen LogP contribution in [0.15, 0.2) is 18.3 Å². The molecule has 1 radical (unpaired) electrons. The van der Waals surface area contributed by atoms with E-state index in [0.29, 0.717) is 12.4 Å². The molecular weight excluding hydrogens is 250 g/mol. The monoisotopic (exact) mass is 278 g/mol. The molecule has 0 spiro atoms. The number of nitrogens with zero attached hydrogens (tertiary/aromatic N) is 1. The van der Waals surface area contributed by atoms with E-state index in [-0.39, 0.29) is 5.88 Å². The number of hydrogen-bond acceptors (Lipinski definition) is 2. The van der Waals surface area contributed by atoms with Crippen molar-refractivity contribution in [3.05, 3.63) is 18.3 Å². The van der Waals surface area contributed by atoms with Crippen LogP contribution in [-0.4, -0.2) is 11.6 Å². The predicted molar refractivity (Wildman–Crippen MR) is 81.7 cm³/mol. The third-order valence-corrected chi connectivity index (χ3v) is 3.49. The molecule has 1 aromatic heterocycles. The van der Waals surface area contributed by atoms with Crippen LogP contribution < -0.4 is 4.74 Å². The first-order valence-electron chi connectivity index (χ1n) is 8.09. The molecule has 0 atom stereocenters. The quantitative estimate of drug-likeness (QED) is 0.472. The van der Waals surface area contributed by atoms with Crippen LogP contribution >= 0.6 is 0 Å². The molecule has 1 rings (SSSR count). The molecule has 0 fully saturated rings. The van der Waals surface area contributed by atoms with E-state index in [9.17, 15) is 5.11 Å². The molecule has 0 N–H and O–H groups in total. The second kappa shape index (κ2) is 11.6. The van der Waals surface area contributed by atoms with Crippen molar-refractivity contribution < 1.29 is 9.84 Å². The van der Waals surface area contributed by atoms with Crippen molar-refractivity contribution >= 4 is 0 Å². The zero-order valence-electron chi connectivity index (χ0n) is 12.8. The molecule has 0 aliphatic rings. The molecule has 3 heteroatoms. The summed E-state index contributed by atoms with van der Waals surface area (Å²) in [7, 11) is 0. The summed E-state index contributed by atoms with van der Waals surface area (Å²) in [6, 6.07) is 3.42. The molecule has 0 saturated carbocycles. The highest BCUT2D eigenvalue weighted by Crippen LogP contribution is 2.22. The molecule has 0 aliphatic heterocycles. The summed E-state index contributed by atoms with van der Waals surface area (Å²) >= 11 is 0. The Balaban J connectivity index is 1.87. The Morgan fingerprint density at radius 3 is 2.15 bits per heavy atom. The van der Waals surface area contributed by atoms with Gasteiger partial charge in [-0.1, -0.05) is 64.7 Å². The van der Waals surface area contributed by atoms with E-state index >= 15 is 0 Å². The van der Waals surface area contributed by atoms with Crippen LogP contribution in [0.3, 0.4) is 0 Å². The van der Waals surface area contributed by atoms with Gasteiger partial charge in [-0.15, -0.1) is 0 Å². The first-order chi connectivity index (χ1) is 9.84. The Hall–Kier alpha value is -1.25. The maximum Gasteiger partial charge on any atom is 0.311 e. The van der Waals surface area contributed by atoms with Crippen LogP contribution in [0.2, 0.25) is 0 Å². The van der Waals surface area contributed by atoms with Crippen LogP contribution in [-0.2, 0) is 5.11 Å². The normalized spacial score (nSPS) is 10.7. The van der Waals surface area contributed by atoms with E-state index in [1.807, 2.05) is 0 Å². The van der Waals surface area contributed by atoms with Crippen LogP contribution in [0.5, 0.6) is 11.6 Å². The molecule has 0 aliphatic carbocycles. The van der Waals surface area contributed by atoms with E-state index < -0.39 is 0 Å². The third-order valence-electron chi connectivity index (χ3n) is 3.49. The maximum atomic E-state index is 11.3. The van der Waals surface area contributed by atoms with Crippen LogP contribution in [0.25, 0.3) is 0 Å². The summed E-state index contributed by atoms with van der Waals surface area (Å²) in [5.74, 6) is 0.114. The van der Waals surface area contributed by atoms with E-state index in [0.717, 1.165) is 6.42 Å². The largest absolute Gasteiger partial charge is 0.488 e. The highest BCUT2D eigenvalue weighted by Gasteiger charge is 2.03. The van der Waals surface area contributed by atoms with Crippen LogP contribution in [0, 0.1) is 0 Å². The van der Waals surface area contributed by atoms with Gasteiger partial charge in [0.2, 0.25) is 0 Å². The highest BCUT2D eigenvalue weighted by atomic mass is 16.5. The topological polar surface area (TPSA) is 42.0 Å². The van der Waals surface area contributed by atoms with Gasteiger partial charge in [-0.3, -0.25) is 5.11 Å². The van der Waals surface area contributed by atoms with Gasteiger partial charge in [0.1, 0.15) is 0 Å². The van der Waals surface area contributed by atoms with Gasteiger partial charge >= 0.3 is 5.88 Å². The lowest BCUT2D eigenvalue weighted by Gasteiger charge is -2.05. The molecule has 3 nitrogen and oxygen atoms in total. The van der Waals surface area contributed by atoms with Gasteiger partial charge in [0.05, 0.1) is 6.61 Å². The molecular formula is C17H28NO2. The Labute approximate surface area is 123 Å². The van der Waals surface area contributed by atoms with Crippen molar-refractivity contribution in [3.8, 4) is 11.6 Å². The second-order valence-electron chi connectivity index (χ2n) is 5.34. The summed E-state index contributed by atoms with van der Waals surface area (Å²) in [6.45, 7) is 2.88. The Kier molecular flexibility index (Phi) is 9.72. The fraction of sp³-hybridized carbons (Fsp3) is 0.706. The minimum absolute atomic E-state index is 0.264. The molecule has 20 heavy (non-hydrogen) atoms. The zero-order chi connectivity index (χ0) is 14.5. The summed E-state index contributed by atoms with van der Waals surface area (Å²) in [5.41, 5.74) is 0. The lowest BCUT2D eigenvalue weighted by molar-refractivity contribution is 0.261. The van der Waals surface area contributed by atoms with Crippen molar-refractivity contribution in [3.63, 3.8) is 0 Å². The number of rotatable bonds is 12. The number of pyridine rings is 1. The van der Waals surface area contributed by atoms with Crippen molar-refractivity contribution in [1.82, 2.24) is 4.98 Å². The number of aromatic nitrogens is 1. The van der Waals surface area contributed by atoms with Gasteiger partial charge in [0.25, 0.3) is 0 Å². The number of ether oxygens (including phenoxy) is 1. The van der Waals surface area contributed by atoms with Crippen LogP contribution in [0.1, 0.15) is 71.1 Å². The molecule has 0 bridgehead atoms. The Bertz CT molecular complexity index is 342. The smallest absolute Gasteiger partial charge is 0.311 e. The molecule has 0 unspecified atom stereocenters. The molecule has 113 valence electrons. The Morgan fingerprint density at radius 2 is 1.55 bits per heavy atom. The highest BCUT2D eigenvalue weighted by molar-refractivity contribution is 5.30. The fourth-order valence-corrected chi connectivity index (χ4v) is 2.26. The standard InChI is InChI=1S/C17H28NO2/c1-2-3-4-5-6-7-8-9-10-11-15-20-16-13-12-14-18-17(16)19/h12-14H,2-11,15H2,1H3. The molecule has 0 aromatic carbocycles. The molecule has 0 amide bonds. The summed E-state index contributed by atoms with van der Waals surface area (Å²) in [6.07, 6.45) is 14.5. The average molecular weight is 278 g/mol. The van der Waals surface area contributed by atoms with Gasteiger partial charge < -0.3 is 4.74 Å². The van der Waals surface area contributed by atoms with E-state index in [1.165, 1.54) is 64.0 Å².